The first-order valence-electron chi connectivity index (χ1n) is 5.97. The number of hydrogen-bond donors (Lipinski definition) is 0. The van der Waals surface area contributed by atoms with Gasteiger partial charge >= 0.3 is 6.18 Å². The zero-order chi connectivity index (χ0) is 16.2. The van der Waals surface area contributed by atoms with Crippen LogP contribution in [0.5, 0.6) is 0 Å². The number of aromatic nitrogens is 2. The van der Waals surface area contributed by atoms with Gasteiger partial charge in [-0.15, -0.1) is 0 Å². The maximum atomic E-state index is 12.8. The maximum Gasteiger partial charge on any atom is 0.434 e. The van der Waals surface area contributed by atoms with E-state index in [1.165, 1.54) is 6.07 Å². The van der Waals surface area contributed by atoms with E-state index in [1.54, 1.807) is 30.3 Å². The Bertz CT molecular complexity index is 726. The Morgan fingerprint density at radius 1 is 1.27 bits per heavy atom. The fourth-order valence-electron chi connectivity index (χ4n) is 1.57. The zero-order valence-electron chi connectivity index (χ0n) is 11.0. The average molecular weight is 323 g/mol. The standard InChI is InChI=1S/C14H8F3N3OS/c15-14(16,17)12-10(6-18)7-19-13(20-12)22-8-11(21)9-4-2-1-3-5-9/h1-5,7H,8H2. The summed E-state index contributed by atoms with van der Waals surface area (Å²) in [6.07, 6.45) is -3.93. The summed E-state index contributed by atoms with van der Waals surface area (Å²) >= 11 is 0.792. The summed E-state index contributed by atoms with van der Waals surface area (Å²) in [6, 6.07) is 9.77. The van der Waals surface area contributed by atoms with E-state index in [2.05, 4.69) is 9.97 Å². The van der Waals surface area contributed by atoms with Crippen molar-refractivity contribution in [2.45, 2.75) is 11.3 Å². The Hall–Kier alpha value is -2.40. The molecule has 2 aromatic rings. The monoisotopic (exact) mass is 323 g/mol. The first-order chi connectivity index (χ1) is 10.4. The third-order valence-corrected chi connectivity index (χ3v) is 3.45. The highest BCUT2D eigenvalue weighted by atomic mass is 32.2. The van der Waals surface area contributed by atoms with Gasteiger partial charge in [-0.25, -0.2) is 9.97 Å². The van der Waals surface area contributed by atoms with E-state index in [1.807, 2.05) is 0 Å². The number of halogens is 3. The van der Waals surface area contributed by atoms with Gasteiger partial charge in [0.2, 0.25) is 0 Å². The molecular formula is C14H8F3N3OS. The third-order valence-electron chi connectivity index (χ3n) is 2.58. The molecule has 0 unspecified atom stereocenters. The molecule has 8 heteroatoms. The number of ketones is 1. The lowest BCUT2D eigenvalue weighted by molar-refractivity contribution is -0.141. The van der Waals surface area contributed by atoms with Crippen molar-refractivity contribution in [3.8, 4) is 6.07 Å². The van der Waals surface area contributed by atoms with Crippen LogP contribution in [0.15, 0.2) is 41.7 Å². The predicted molar refractivity (Wildman–Crippen MR) is 73.2 cm³/mol. The molecule has 0 radical (unpaired) electrons. The Balaban J connectivity index is 2.14. The average Bonchev–Trinajstić information content (AvgIpc) is 2.52. The number of carbonyl (C=O) groups is 1. The van der Waals surface area contributed by atoms with Gasteiger partial charge in [-0.05, 0) is 0 Å². The number of alkyl halides is 3. The lowest BCUT2D eigenvalue weighted by atomic mass is 10.2. The molecule has 1 heterocycles. The van der Waals surface area contributed by atoms with Gasteiger partial charge in [0, 0.05) is 11.8 Å². The molecule has 4 nitrogen and oxygen atoms in total. The van der Waals surface area contributed by atoms with Crippen LogP contribution >= 0.6 is 11.8 Å². The van der Waals surface area contributed by atoms with Crippen LogP contribution < -0.4 is 0 Å². The number of nitriles is 1. The topological polar surface area (TPSA) is 66.6 Å². The smallest absolute Gasteiger partial charge is 0.293 e. The first-order valence-corrected chi connectivity index (χ1v) is 6.96. The normalized spacial score (nSPS) is 11.0. The van der Waals surface area contributed by atoms with E-state index >= 15 is 0 Å². The van der Waals surface area contributed by atoms with Crippen molar-refractivity contribution in [3.63, 3.8) is 0 Å². The van der Waals surface area contributed by atoms with Gasteiger partial charge in [0.1, 0.15) is 11.6 Å². The number of rotatable bonds is 4. The SMILES string of the molecule is N#Cc1cnc(SCC(=O)c2ccccc2)nc1C(F)(F)F. The largest absolute Gasteiger partial charge is 0.434 e. The van der Waals surface area contributed by atoms with E-state index in [0.29, 0.717) is 5.56 Å². The van der Waals surface area contributed by atoms with Crippen LogP contribution in [-0.4, -0.2) is 21.5 Å². The molecule has 1 aromatic carbocycles. The van der Waals surface area contributed by atoms with E-state index < -0.39 is 17.4 Å². The lowest BCUT2D eigenvalue weighted by Crippen LogP contribution is -2.12. The molecule has 0 aliphatic rings. The molecule has 0 aliphatic heterocycles. The molecule has 2 rings (SSSR count). The molecule has 0 fully saturated rings. The van der Waals surface area contributed by atoms with Gasteiger partial charge < -0.3 is 0 Å². The highest BCUT2D eigenvalue weighted by molar-refractivity contribution is 7.99. The highest BCUT2D eigenvalue weighted by Gasteiger charge is 2.36. The minimum absolute atomic E-state index is 0.0901. The van der Waals surface area contributed by atoms with Gasteiger partial charge in [-0.3, -0.25) is 4.79 Å². The number of Topliss-reactive ketones (excluding diaryl/α,β-unsaturated/α-hetero) is 1. The second kappa shape index (κ2) is 6.58. The Labute approximate surface area is 128 Å². The Kier molecular flexibility index (Phi) is 4.78. The summed E-state index contributed by atoms with van der Waals surface area (Å²) in [5, 5.41) is 8.45. The fraction of sp³-hybridized carbons (Fsp3) is 0.143. The second-order valence-electron chi connectivity index (χ2n) is 4.10. The van der Waals surface area contributed by atoms with E-state index in [9.17, 15) is 18.0 Å². The maximum absolute atomic E-state index is 12.8. The van der Waals surface area contributed by atoms with Crippen molar-refractivity contribution >= 4 is 17.5 Å². The second-order valence-corrected chi connectivity index (χ2v) is 5.04. The van der Waals surface area contributed by atoms with Gasteiger partial charge in [-0.2, -0.15) is 18.4 Å². The zero-order valence-corrected chi connectivity index (χ0v) is 11.8. The number of thioether (sulfide) groups is 1. The number of carbonyl (C=O) groups excluding carboxylic acids is 1. The third kappa shape index (κ3) is 3.83. The van der Waals surface area contributed by atoms with Gasteiger partial charge in [-0.1, -0.05) is 42.1 Å². The van der Waals surface area contributed by atoms with Crippen LogP contribution in [0.2, 0.25) is 0 Å². The molecule has 0 saturated carbocycles. The quantitative estimate of drug-likeness (QED) is 0.490. The molecular weight excluding hydrogens is 315 g/mol. The van der Waals surface area contributed by atoms with Crippen LogP contribution in [0.25, 0.3) is 0 Å². The molecule has 0 spiro atoms. The lowest BCUT2D eigenvalue weighted by Gasteiger charge is -2.08. The molecule has 112 valence electrons. The van der Waals surface area contributed by atoms with Crippen LogP contribution in [0.4, 0.5) is 13.2 Å². The fourth-order valence-corrected chi connectivity index (χ4v) is 2.28. The summed E-state index contributed by atoms with van der Waals surface area (Å²) in [6.45, 7) is 0. The molecule has 22 heavy (non-hydrogen) atoms. The van der Waals surface area contributed by atoms with Crippen LogP contribution in [-0.2, 0) is 6.18 Å². The molecule has 0 aliphatic carbocycles. The molecule has 1 aromatic heterocycles. The summed E-state index contributed by atoms with van der Waals surface area (Å²) < 4.78 is 38.3. The van der Waals surface area contributed by atoms with E-state index in [4.69, 9.17) is 5.26 Å². The molecule has 0 amide bonds. The van der Waals surface area contributed by atoms with Crippen molar-refractivity contribution in [1.82, 2.24) is 9.97 Å². The summed E-state index contributed by atoms with van der Waals surface area (Å²) in [5.41, 5.74) is -1.48. The van der Waals surface area contributed by atoms with Gasteiger partial charge in [0.15, 0.2) is 16.6 Å². The number of benzene rings is 1. The van der Waals surface area contributed by atoms with Crippen LogP contribution in [0.3, 0.4) is 0 Å². The molecule has 0 atom stereocenters. The minimum Gasteiger partial charge on any atom is -0.293 e. The van der Waals surface area contributed by atoms with Crippen molar-refractivity contribution < 1.29 is 18.0 Å². The van der Waals surface area contributed by atoms with Gasteiger partial charge in [0.05, 0.1) is 5.75 Å². The first kappa shape index (κ1) is 16.0. The Morgan fingerprint density at radius 3 is 2.55 bits per heavy atom. The molecule has 0 N–H and O–H groups in total. The van der Waals surface area contributed by atoms with E-state index in [-0.39, 0.29) is 16.7 Å². The van der Waals surface area contributed by atoms with Crippen molar-refractivity contribution in [1.29, 1.82) is 5.26 Å². The van der Waals surface area contributed by atoms with E-state index in [0.717, 1.165) is 18.0 Å². The summed E-state index contributed by atoms with van der Waals surface area (Å²) in [7, 11) is 0. The highest BCUT2D eigenvalue weighted by Crippen LogP contribution is 2.31. The molecule has 0 bridgehead atoms. The number of hydrogen-bond acceptors (Lipinski definition) is 5. The summed E-state index contributed by atoms with van der Waals surface area (Å²) in [5.74, 6) is -0.333. The van der Waals surface area contributed by atoms with Crippen molar-refractivity contribution in [3.05, 3.63) is 53.3 Å². The van der Waals surface area contributed by atoms with Crippen molar-refractivity contribution in [2.75, 3.05) is 5.75 Å². The minimum atomic E-state index is -4.74. The van der Waals surface area contributed by atoms with Crippen molar-refractivity contribution in [2.24, 2.45) is 0 Å². The van der Waals surface area contributed by atoms with Crippen LogP contribution in [0, 0.1) is 11.3 Å². The predicted octanol–water partition coefficient (Wildman–Crippen LogP) is 3.34. The van der Waals surface area contributed by atoms with Crippen LogP contribution in [0.1, 0.15) is 21.6 Å². The summed E-state index contributed by atoms with van der Waals surface area (Å²) in [4.78, 5) is 18.9. The Morgan fingerprint density at radius 2 is 1.95 bits per heavy atom. The van der Waals surface area contributed by atoms with Gasteiger partial charge in [0.25, 0.3) is 0 Å². The number of nitrogens with zero attached hydrogens (tertiary/aromatic N) is 3. The molecule has 0 saturated heterocycles.